The number of rotatable bonds is 3. The van der Waals surface area contributed by atoms with E-state index in [0.717, 1.165) is 26.0 Å². The van der Waals surface area contributed by atoms with Crippen molar-refractivity contribution in [2.45, 2.75) is 13.8 Å². The second-order valence-electron chi connectivity index (χ2n) is 3.88. The highest BCUT2D eigenvalue weighted by atomic mass is 19.1. The molecule has 0 fully saturated rings. The quantitative estimate of drug-likeness (QED) is 0.637. The van der Waals surface area contributed by atoms with Crippen LogP contribution in [0.4, 0.5) is 8.78 Å². The van der Waals surface area contributed by atoms with Crippen molar-refractivity contribution in [2.24, 2.45) is 5.41 Å². The van der Waals surface area contributed by atoms with E-state index in [1.165, 1.54) is 0 Å². The number of ketones is 1. The number of carboxylic acids is 1. The Hall–Kier alpha value is -1.78. The standard InChI is InChI=1S/C11H10F2O3/c1-11(2,10(15)16)9(14)7-5-6(12)3-4-8(7)13/h3-5H,1-2H3,(H,15,16). The molecule has 0 radical (unpaired) electrons. The Morgan fingerprint density at radius 3 is 2.31 bits per heavy atom. The van der Waals surface area contributed by atoms with Gasteiger partial charge in [0.2, 0.25) is 0 Å². The van der Waals surface area contributed by atoms with Crippen molar-refractivity contribution in [1.82, 2.24) is 0 Å². The topological polar surface area (TPSA) is 54.4 Å². The SMILES string of the molecule is CC(C)(C(=O)O)C(=O)c1cc(F)ccc1F. The summed E-state index contributed by atoms with van der Waals surface area (Å²) in [6, 6.07) is 2.35. The van der Waals surface area contributed by atoms with Crippen molar-refractivity contribution in [3.8, 4) is 0 Å². The summed E-state index contributed by atoms with van der Waals surface area (Å²) in [6.07, 6.45) is 0. The molecular weight excluding hydrogens is 218 g/mol. The van der Waals surface area contributed by atoms with Gasteiger partial charge in [0.25, 0.3) is 0 Å². The van der Waals surface area contributed by atoms with E-state index in [4.69, 9.17) is 5.11 Å². The lowest BCUT2D eigenvalue weighted by molar-refractivity contribution is -0.144. The lowest BCUT2D eigenvalue weighted by Gasteiger charge is -2.17. The zero-order chi connectivity index (χ0) is 12.5. The third-order valence-electron chi connectivity index (χ3n) is 2.28. The van der Waals surface area contributed by atoms with Gasteiger partial charge >= 0.3 is 5.97 Å². The molecule has 0 spiro atoms. The van der Waals surface area contributed by atoms with Gasteiger partial charge in [0.05, 0.1) is 5.56 Å². The highest BCUT2D eigenvalue weighted by molar-refractivity contribution is 6.11. The average molecular weight is 228 g/mol. The zero-order valence-electron chi connectivity index (χ0n) is 8.75. The van der Waals surface area contributed by atoms with E-state index >= 15 is 0 Å². The number of halogens is 2. The van der Waals surface area contributed by atoms with E-state index in [1.54, 1.807) is 0 Å². The maximum Gasteiger partial charge on any atom is 0.316 e. The van der Waals surface area contributed by atoms with Crippen LogP contribution in [0.25, 0.3) is 0 Å². The first-order valence-corrected chi connectivity index (χ1v) is 4.50. The maximum absolute atomic E-state index is 13.2. The summed E-state index contributed by atoms with van der Waals surface area (Å²) in [7, 11) is 0. The Bertz CT molecular complexity index is 453. The monoisotopic (exact) mass is 228 g/mol. The molecule has 1 N–H and O–H groups in total. The number of carbonyl (C=O) groups is 2. The van der Waals surface area contributed by atoms with Crippen LogP contribution in [0.5, 0.6) is 0 Å². The number of carboxylic acid groups (broad SMARTS) is 1. The van der Waals surface area contributed by atoms with Crippen LogP contribution in [0.1, 0.15) is 24.2 Å². The van der Waals surface area contributed by atoms with Crippen molar-refractivity contribution in [3.05, 3.63) is 35.4 Å². The van der Waals surface area contributed by atoms with Gasteiger partial charge < -0.3 is 5.11 Å². The number of aliphatic carboxylic acids is 1. The summed E-state index contributed by atoms with van der Waals surface area (Å²) in [4.78, 5) is 22.5. The molecule has 0 unspecified atom stereocenters. The van der Waals surface area contributed by atoms with E-state index in [0.29, 0.717) is 6.07 Å². The number of hydrogen-bond acceptors (Lipinski definition) is 2. The van der Waals surface area contributed by atoms with Gasteiger partial charge in [-0.15, -0.1) is 0 Å². The first-order valence-electron chi connectivity index (χ1n) is 4.50. The summed E-state index contributed by atoms with van der Waals surface area (Å²) in [6.45, 7) is 2.28. The number of hydrogen-bond donors (Lipinski definition) is 1. The smallest absolute Gasteiger partial charge is 0.316 e. The predicted octanol–water partition coefficient (Wildman–Crippen LogP) is 2.26. The molecule has 3 nitrogen and oxygen atoms in total. The van der Waals surface area contributed by atoms with Gasteiger partial charge in [-0.1, -0.05) is 0 Å². The molecule has 5 heteroatoms. The van der Waals surface area contributed by atoms with Gasteiger partial charge in [0, 0.05) is 0 Å². The van der Waals surface area contributed by atoms with E-state index in [2.05, 4.69) is 0 Å². The summed E-state index contributed by atoms with van der Waals surface area (Å²) < 4.78 is 26.1. The molecule has 86 valence electrons. The molecular formula is C11H10F2O3. The molecule has 16 heavy (non-hydrogen) atoms. The molecule has 0 aliphatic carbocycles. The van der Waals surface area contributed by atoms with Crippen molar-refractivity contribution in [3.63, 3.8) is 0 Å². The molecule has 0 aliphatic heterocycles. The van der Waals surface area contributed by atoms with Gasteiger partial charge in [0.15, 0.2) is 5.78 Å². The van der Waals surface area contributed by atoms with Crippen LogP contribution in [-0.4, -0.2) is 16.9 Å². The normalized spacial score (nSPS) is 11.2. The molecule has 0 saturated heterocycles. The molecule has 0 aromatic heterocycles. The predicted molar refractivity (Wildman–Crippen MR) is 52.1 cm³/mol. The van der Waals surface area contributed by atoms with E-state index < -0.39 is 34.4 Å². The van der Waals surface area contributed by atoms with Gasteiger partial charge in [-0.3, -0.25) is 9.59 Å². The zero-order valence-corrected chi connectivity index (χ0v) is 8.75. The van der Waals surface area contributed by atoms with Crippen LogP contribution in [0.2, 0.25) is 0 Å². The summed E-state index contributed by atoms with van der Waals surface area (Å²) in [5, 5.41) is 8.80. The van der Waals surface area contributed by atoms with Crippen molar-refractivity contribution >= 4 is 11.8 Å². The molecule has 1 rings (SSSR count). The van der Waals surface area contributed by atoms with Crippen LogP contribution in [0.3, 0.4) is 0 Å². The van der Waals surface area contributed by atoms with Gasteiger partial charge in [0.1, 0.15) is 17.0 Å². The maximum atomic E-state index is 13.2. The third kappa shape index (κ3) is 2.08. The first-order chi connectivity index (χ1) is 7.26. The molecule has 0 aliphatic rings. The highest BCUT2D eigenvalue weighted by Gasteiger charge is 2.37. The second kappa shape index (κ2) is 4.00. The minimum absolute atomic E-state index is 0.549. The van der Waals surface area contributed by atoms with Crippen LogP contribution in [0.15, 0.2) is 18.2 Å². The Balaban J connectivity index is 3.25. The second-order valence-corrected chi connectivity index (χ2v) is 3.88. The summed E-state index contributed by atoms with van der Waals surface area (Å²) in [5.74, 6) is -4.06. The molecule has 0 heterocycles. The lowest BCUT2D eigenvalue weighted by Crippen LogP contribution is -2.33. The van der Waals surface area contributed by atoms with E-state index in [-0.39, 0.29) is 0 Å². The Labute approximate surface area is 90.7 Å². The Kier molecular flexibility index (Phi) is 3.07. The molecule has 1 aromatic rings. The van der Waals surface area contributed by atoms with Crippen molar-refractivity contribution in [1.29, 1.82) is 0 Å². The summed E-state index contributed by atoms with van der Waals surface area (Å²) in [5.41, 5.74) is -2.33. The lowest BCUT2D eigenvalue weighted by atomic mass is 9.84. The van der Waals surface area contributed by atoms with Crippen molar-refractivity contribution < 1.29 is 23.5 Å². The molecule has 1 aromatic carbocycles. The average Bonchev–Trinajstić information content (AvgIpc) is 2.20. The number of benzene rings is 1. The molecule has 0 amide bonds. The third-order valence-corrected chi connectivity index (χ3v) is 2.28. The van der Waals surface area contributed by atoms with Crippen molar-refractivity contribution in [2.75, 3.05) is 0 Å². The molecule has 0 bridgehead atoms. The van der Waals surface area contributed by atoms with Crippen LogP contribution >= 0.6 is 0 Å². The first kappa shape index (κ1) is 12.3. The largest absolute Gasteiger partial charge is 0.481 e. The number of carbonyl (C=O) groups excluding carboxylic acids is 1. The Morgan fingerprint density at radius 1 is 1.25 bits per heavy atom. The fourth-order valence-corrected chi connectivity index (χ4v) is 1.11. The van der Waals surface area contributed by atoms with Gasteiger partial charge in [-0.05, 0) is 32.0 Å². The number of Topliss-reactive ketones (excluding diaryl/α,β-unsaturated/α-hetero) is 1. The molecule has 0 atom stereocenters. The van der Waals surface area contributed by atoms with Gasteiger partial charge in [-0.25, -0.2) is 8.78 Å². The van der Waals surface area contributed by atoms with E-state index in [1.807, 2.05) is 0 Å². The summed E-state index contributed by atoms with van der Waals surface area (Å²) >= 11 is 0. The fraction of sp³-hybridized carbons (Fsp3) is 0.273. The van der Waals surface area contributed by atoms with Gasteiger partial charge in [-0.2, -0.15) is 0 Å². The van der Waals surface area contributed by atoms with Crippen LogP contribution in [-0.2, 0) is 4.79 Å². The minimum Gasteiger partial charge on any atom is -0.481 e. The fourth-order valence-electron chi connectivity index (χ4n) is 1.11. The Morgan fingerprint density at radius 2 is 1.81 bits per heavy atom. The van der Waals surface area contributed by atoms with E-state index in [9.17, 15) is 18.4 Å². The highest BCUT2D eigenvalue weighted by Crippen LogP contribution is 2.24. The minimum atomic E-state index is -1.78. The van der Waals surface area contributed by atoms with Crippen LogP contribution < -0.4 is 0 Å². The van der Waals surface area contributed by atoms with Crippen LogP contribution in [0, 0.1) is 17.0 Å². The molecule has 0 saturated carbocycles.